The summed E-state index contributed by atoms with van der Waals surface area (Å²) < 4.78 is 0. The molecule has 1 fully saturated rings. The topological polar surface area (TPSA) is 30.9 Å². The monoisotopic (exact) mass is 286 g/mol. The van der Waals surface area contributed by atoms with Crippen LogP contribution in [-0.2, 0) is 6.42 Å². The van der Waals surface area contributed by atoms with Crippen molar-refractivity contribution in [1.29, 1.82) is 0 Å². The molecular weight excluding hydrogens is 260 g/mol. The lowest BCUT2D eigenvalue weighted by atomic mass is 10.2. The average molecular weight is 286 g/mol. The number of hydrogen-bond donors (Lipinski definition) is 1. The standard InChI is InChI=1S/C17H26N4/c1-3-20(15-8-9-15)13-11-19-17(18-2)21-12-10-14-6-4-5-7-16(14)21/h4-7,15H,3,8-13H2,1-2H3,(H,18,19). The molecule has 2 aliphatic rings. The van der Waals surface area contributed by atoms with Crippen LogP contribution in [0.25, 0.3) is 0 Å². The third-order valence-corrected chi connectivity index (χ3v) is 4.51. The lowest BCUT2D eigenvalue weighted by molar-refractivity contribution is 0.282. The number of benzene rings is 1. The van der Waals surface area contributed by atoms with Crippen LogP contribution in [-0.4, -0.2) is 50.1 Å². The number of nitrogens with one attached hydrogen (secondary N) is 1. The molecule has 114 valence electrons. The summed E-state index contributed by atoms with van der Waals surface area (Å²) in [6, 6.07) is 9.47. The van der Waals surface area contributed by atoms with Crippen LogP contribution >= 0.6 is 0 Å². The molecule has 1 aliphatic carbocycles. The molecule has 0 aromatic heterocycles. The van der Waals surface area contributed by atoms with E-state index >= 15 is 0 Å². The molecule has 0 bridgehead atoms. The van der Waals surface area contributed by atoms with E-state index in [1.165, 1.54) is 24.1 Å². The number of anilines is 1. The van der Waals surface area contributed by atoms with E-state index in [-0.39, 0.29) is 0 Å². The van der Waals surface area contributed by atoms with Gasteiger partial charge in [-0.05, 0) is 37.4 Å². The van der Waals surface area contributed by atoms with Crippen molar-refractivity contribution < 1.29 is 0 Å². The zero-order valence-electron chi connectivity index (χ0n) is 13.2. The van der Waals surface area contributed by atoms with Gasteiger partial charge in [0.2, 0.25) is 0 Å². The Morgan fingerprint density at radius 1 is 1.38 bits per heavy atom. The van der Waals surface area contributed by atoms with Gasteiger partial charge in [0.05, 0.1) is 0 Å². The number of rotatable bonds is 5. The fraction of sp³-hybridized carbons (Fsp3) is 0.588. The highest BCUT2D eigenvalue weighted by atomic mass is 15.3. The Balaban J connectivity index is 1.56. The van der Waals surface area contributed by atoms with Crippen LogP contribution in [0.2, 0.25) is 0 Å². The van der Waals surface area contributed by atoms with Gasteiger partial charge in [-0.3, -0.25) is 9.89 Å². The summed E-state index contributed by atoms with van der Waals surface area (Å²) in [6.07, 6.45) is 3.87. The van der Waals surface area contributed by atoms with Crippen molar-refractivity contribution >= 4 is 11.6 Å². The van der Waals surface area contributed by atoms with Crippen molar-refractivity contribution in [2.45, 2.75) is 32.2 Å². The second-order valence-electron chi connectivity index (χ2n) is 5.86. The molecular formula is C17H26N4. The summed E-state index contributed by atoms with van der Waals surface area (Å²) in [5, 5.41) is 3.53. The molecule has 0 spiro atoms. The van der Waals surface area contributed by atoms with Gasteiger partial charge in [-0.15, -0.1) is 0 Å². The molecule has 1 aromatic carbocycles. The first kappa shape index (κ1) is 14.4. The third kappa shape index (κ3) is 3.21. The molecule has 3 rings (SSSR count). The quantitative estimate of drug-likeness (QED) is 0.664. The van der Waals surface area contributed by atoms with E-state index in [1.54, 1.807) is 0 Å². The first-order valence-electron chi connectivity index (χ1n) is 8.13. The Bertz CT molecular complexity index is 507. The highest BCUT2D eigenvalue weighted by Crippen LogP contribution is 2.27. The number of aliphatic imine (C=N–C) groups is 1. The summed E-state index contributed by atoms with van der Waals surface area (Å²) in [6.45, 7) is 6.51. The Kier molecular flexibility index (Phi) is 4.44. The van der Waals surface area contributed by atoms with Crippen molar-refractivity contribution in [3.63, 3.8) is 0 Å². The molecule has 1 heterocycles. The second kappa shape index (κ2) is 6.48. The van der Waals surface area contributed by atoms with E-state index in [0.29, 0.717) is 0 Å². The lowest BCUT2D eigenvalue weighted by Gasteiger charge is -2.25. The van der Waals surface area contributed by atoms with Crippen molar-refractivity contribution in [2.75, 3.05) is 38.1 Å². The van der Waals surface area contributed by atoms with Gasteiger partial charge in [-0.25, -0.2) is 0 Å². The smallest absolute Gasteiger partial charge is 0.198 e. The molecule has 4 heteroatoms. The van der Waals surface area contributed by atoms with Crippen molar-refractivity contribution in [1.82, 2.24) is 10.2 Å². The Hall–Kier alpha value is -1.55. The van der Waals surface area contributed by atoms with Gasteiger partial charge in [0.1, 0.15) is 0 Å². The maximum atomic E-state index is 4.47. The van der Waals surface area contributed by atoms with Gasteiger partial charge >= 0.3 is 0 Å². The fourth-order valence-electron chi connectivity index (χ4n) is 3.20. The molecule has 1 aromatic rings. The van der Waals surface area contributed by atoms with E-state index < -0.39 is 0 Å². The van der Waals surface area contributed by atoms with E-state index in [1.807, 2.05) is 7.05 Å². The first-order valence-corrected chi connectivity index (χ1v) is 8.13. The highest BCUT2D eigenvalue weighted by Gasteiger charge is 2.27. The summed E-state index contributed by atoms with van der Waals surface area (Å²) in [5.41, 5.74) is 2.73. The van der Waals surface area contributed by atoms with Crippen LogP contribution in [0.3, 0.4) is 0 Å². The average Bonchev–Trinajstić information content (AvgIpc) is 3.27. The maximum absolute atomic E-state index is 4.47. The number of nitrogens with zero attached hydrogens (tertiary/aromatic N) is 3. The van der Waals surface area contributed by atoms with Crippen LogP contribution in [0.1, 0.15) is 25.3 Å². The number of guanidine groups is 1. The SMILES string of the molecule is CCN(CCNC(=NC)N1CCc2ccccc21)C1CC1. The zero-order chi connectivity index (χ0) is 14.7. The van der Waals surface area contributed by atoms with E-state index in [4.69, 9.17) is 0 Å². The number of fused-ring (bicyclic) bond motifs is 1. The summed E-state index contributed by atoms with van der Waals surface area (Å²) in [7, 11) is 1.88. The van der Waals surface area contributed by atoms with E-state index in [0.717, 1.165) is 44.6 Å². The van der Waals surface area contributed by atoms with E-state index in [2.05, 4.69) is 51.3 Å². The summed E-state index contributed by atoms with van der Waals surface area (Å²) in [5.74, 6) is 1.01. The van der Waals surface area contributed by atoms with Crippen LogP contribution in [0.4, 0.5) is 5.69 Å². The van der Waals surface area contributed by atoms with Crippen LogP contribution < -0.4 is 10.2 Å². The van der Waals surface area contributed by atoms with Crippen LogP contribution in [0.15, 0.2) is 29.3 Å². The molecule has 0 radical (unpaired) electrons. The van der Waals surface area contributed by atoms with Gasteiger partial charge < -0.3 is 10.2 Å². The minimum Gasteiger partial charge on any atom is -0.355 e. The van der Waals surface area contributed by atoms with Crippen molar-refractivity contribution in [2.24, 2.45) is 4.99 Å². The second-order valence-corrected chi connectivity index (χ2v) is 5.86. The Labute approximate surface area is 127 Å². The third-order valence-electron chi connectivity index (χ3n) is 4.51. The summed E-state index contributed by atoms with van der Waals surface area (Å²) in [4.78, 5) is 9.34. The molecule has 0 saturated heterocycles. The fourth-order valence-corrected chi connectivity index (χ4v) is 3.20. The van der Waals surface area contributed by atoms with Crippen molar-refractivity contribution in [3.05, 3.63) is 29.8 Å². The predicted molar refractivity (Wildman–Crippen MR) is 89.1 cm³/mol. The minimum atomic E-state index is 0.839. The molecule has 0 unspecified atom stereocenters. The predicted octanol–water partition coefficient (Wildman–Crippen LogP) is 2.11. The molecule has 1 N–H and O–H groups in total. The van der Waals surface area contributed by atoms with Gasteiger partial charge in [0.15, 0.2) is 5.96 Å². The van der Waals surface area contributed by atoms with Gasteiger partial charge in [-0.1, -0.05) is 25.1 Å². The molecule has 21 heavy (non-hydrogen) atoms. The Morgan fingerprint density at radius 2 is 2.19 bits per heavy atom. The number of para-hydroxylation sites is 1. The maximum Gasteiger partial charge on any atom is 0.198 e. The molecule has 0 atom stereocenters. The van der Waals surface area contributed by atoms with Gasteiger partial charge in [-0.2, -0.15) is 0 Å². The highest BCUT2D eigenvalue weighted by molar-refractivity contribution is 5.97. The summed E-state index contributed by atoms with van der Waals surface area (Å²) >= 11 is 0. The van der Waals surface area contributed by atoms with E-state index in [9.17, 15) is 0 Å². The number of hydrogen-bond acceptors (Lipinski definition) is 2. The first-order chi connectivity index (χ1) is 10.3. The lowest BCUT2D eigenvalue weighted by Crippen LogP contribution is -2.44. The molecule has 0 amide bonds. The normalized spacial score (nSPS) is 18.2. The Morgan fingerprint density at radius 3 is 2.90 bits per heavy atom. The van der Waals surface area contributed by atoms with Crippen LogP contribution in [0.5, 0.6) is 0 Å². The molecule has 1 saturated carbocycles. The zero-order valence-corrected chi connectivity index (χ0v) is 13.2. The minimum absolute atomic E-state index is 0.839. The van der Waals surface area contributed by atoms with Crippen molar-refractivity contribution in [3.8, 4) is 0 Å². The van der Waals surface area contributed by atoms with Gasteiger partial charge in [0, 0.05) is 38.4 Å². The van der Waals surface area contributed by atoms with Gasteiger partial charge in [0.25, 0.3) is 0 Å². The molecule has 1 aliphatic heterocycles. The largest absolute Gasteiger partial charge is 0.355 e. The number of likely N-dealkylation sites (N-methyl/N-ethyl adjacent to an activating group) is 1. The van der Waals surface area contributed by atoms with Crippen LogP contribution in [0, 0.1) is 0 Å². The molecule has 4 nitrogen and oxygen atoms in total.